The maximum Gasteiger partial charge on any atom is 0.332 e. The van der Waals surface area contributed by atoms with Crippen LogP contribution in [-0.2, 0) is 25.4 Å². The first-order chi connectivity index (χ1) is 17.3. The first-order valence-electron chi connectivity index (χ1n) is 11.0. The SMILES string of the molecule is COc1ccc(-c2nc(SCC(=O)NCc3ccccc3)c3c(=O)n(C)c(=O)n(C)c3n2)cc1OC. The number of nitrogens with zero attached hydrogens (tertiary/aromatic N) is 4. The molecule has 4 rings (SSSR count). The number of ether oxygens (including phenoxy) is 2. The van der Waals surface area contributed by atoms with Gasteiger partial charge in [0.2, 0.25) is 5.91 Å². The van der Waals surface area contributed by atoms with Gasteiger partial charge in [-0.2, -0.15) is 0 Å². The Morgan fingerprint density at radius 2 is 1.69 bits per heavy atom. The van der Waals surface area contributed by atoms with Crippen molar-refractivity contribution in [1.82, 2.24) is 24.4 Å². The van der Waals surface area contributed by atoms with E-state index in [0.717, 1.165) is 21.9 Å². The van der Waals surface area contributed by atoms with Crippen LogP contribution in [-0.4, -0.2) is 45.0 Å². The van der Waals surface area contributed by atoms with Crippen LogP contribution in [0.25, 0.3) is 22.4 Å². The standard InChI is InChI=1S/C25H25N5O5S/c1-29-22-20(24(32)30(2)25(29)33)23(36-14-19(31)26-13-15-8-6-5-7-9-15)28-21(27-22)16-10-11-17(34-3)18(12-16)35-4/h5-12H,13-14H2,1-4H3,(H,26,31). The van der Waals surface area contributed by atoms with E-state index in [-0.39, 0.29) is 28.5 Å². The van der Waals surface area contributed by atoms with Gasteiger partial charge in [0.25, 0.3) is 5.56 Å². The highest BCUT2D eigenvalue weighted by molar-refractivity contribution is 8.00. The van der Waals surface area contributed by atoms with Crippen LogP contribution in [0.2, 0.25) is 0 Å². The van der Waals surface area contributed by atoms with Gasteiger partial charge in [-0.15, -0.1) is 0 Å². The smallest absolute Gasteiger partial charge is 0.332 e. The van der Waals surface area contributed by atoms with Gasteiger partial charge in [-0.25, -0.2) is 14.8 Å². The van der Waals surface area contributed by atoms with Gasteiger partial charge in [-0.05, 0) is 23.8 Å². The molecule has 186 valence electrons. The van der Waals surface area contributed by atoms with Crippen molar-refractivity contribution in [2.75, 3.05) is 20.0 Å². The summed E-state index contributed by atoms with van der Waals surface area (Å²) in [5.41, 5.74) is 0.705. The zero-order chi connectivity index (χ0) is 25.8. The Morgan fingerprint density at radius 3 is 2.39 bits per heavy atom. The van der Waals surface area contributed by atoms with Crippen LogP contribution in [0.5, 0.6) is 11.5 Å². The molecule has 0 aliphatic heterocycles. The van der Waals surface area contributed by atoms with Gasteiger partial charge in [0, 0.05) is 26.2 Å². The molecule has 0 aliphatic carbocycles. The predicted octanol–water partition coefficient (Wildman–Crippen LogP) is 2.12. The summed E-state index contributed by atoms with van der Waals surface area (Å²) in [5, 5.41) is 3.34. The van der Waals surface area contributed by atoms with Crippen LogP contribution in [0, 0.1) is 0 Å². The van der Waals surface area contributed by atoms with E-state index >= 15 is 0 Å². The first kappa shape index (κ1) is 25.0. The number of hydrogen-bond acceptors (Lipinski definition) is 8. The average molecular weight is 508 g/mol. The van der Waals surface area contributed by atoms with E-state index in [9.17, 15) is 14.4 Å². The topological polar surface area (TPSA) is 117 Å². The highest BCUT2D eigenvalue weighted by Crippen LogP contribution is 2.32. The fourth-order valence-corrected chi connectivity index (χ4v) is 4.46. The Morgan fingerprint density at radius 1 is 0.972 bits per heavy atom. The van der Waals surface area contributed by atoms with E-state index in [1.54, 1.807) is 18.2 Å². The third-order valence-electron chi connectivity index (χ3n) is 5.58. The minimum Gasteiger partial charge on any atom is -0.493 e. The van der Waals surface area contributed by atoms with E-state index in [4.69, 9.17) is 9.47 Å². The molecule has 10 nitrogen and oxygen atoms in total. The molecule has 0 atom stereocenters. The Bertz CT molecular complexity index is 1550. The molecule has 11 heteroatoms. The largest absolute Gasteiger partial charge is 0.493 e. The number of rotatable bonds is 8. The fraction of sp³-hybridized carbons (Fsp3) is 0.240. The summed E-state index contributed by atoms with van der Waals surface area (Å²) in [6.45, 7) is 0.387. The number of carbonyl (C=O) groups excluding carboxylic acids is 1. The number of amides is 1. The van der Waals surface area contributed by atoms with Crippen molar-refractivity contribution in [3.63, 3.8) is 0 Å². The lowest BCUT2D eigenvalue weighted by atomic mass is 10.2. The maximum absolute atomic E-state index is 13.0. The van der Waals surface area contributed by atoms with Crippen LogP contribution in [0.1, 0.15) is 5.56 Å². The van der Waals surface area contributed by atoms with Crippen molar-refractivity contribution in [3.8, 4) is 22.9 Å². The summed E-state index contributed by atoms with van der Waals surface area (Å²) in [6, 6.07) is 14.7. The van der Waals surface area contributed by atoms with Crippen LogP contribution < -0.4 is 26.0 Å². The van der Waals surface area contributed by atoms with Gasteiger partial charge >= 0.3 is 5.69 Å². The van der Waals surface area contributed by atoms with Crippen LogP contribution in [0.15, 0.2) is 63.1 Å². The van der Waals surface area contributed by atoms with E-state index in [0.29, 0.717) is 28.6 Å². The number of hydrogen-bond donors (Lipinski definition) is 1. The normalized spacial score (nSPS) is 10.9. The lowest BCUT2D eigenvalue weighted by Crippen LogP contribution is -2.37. The molecule has 0 saturated heterocycles. The number of fused-ring (bicyclic) bond motifs is 1. The molecule has 36 heavy (non-hydrogen) atoms. The molecule has 0 unspecified atom stereocenters. The first-order valence-corrected chi connectivity index (χ1v) is 12.0. The molecule has 4 aromatic rings. The molecule has 0 aliphatic rings. The summed E-state index contributed by atoms with van der Waals surface area (Å²) in [4.78, 5) is 47.3. The molecule has 2 heterocycles. The van der Waals surface area contributed by atoms with Gasteiger partial charge in [0.15, 0.2) is 23.0 Å². The Hall–Kier alpha value is -4.12. The third-order valence-corrected chi connectivity index (χ3v) is 6.56. The summed E-state index contributed by atoms with van der Waals surface area (Å²) >= 11 is 1.11. The monoisotopic (exact) mass is 507 g/mol. The van der Waals surface area contributed by atoms with Crippen molar-refractivity contribution < 1.29 is 14.3 Å². The summed E-state index contributed by atoms with van der Waals surface area (Å²) in [5.74, 6) is 1.10. The van der Waals surface area contributed by atoms with Gasteiger partial charge in [0.1, 0.15) is 10.4 Å². The van der Waals surface area contributed by atoms with Gasteiger partial charge in [-0.3, -0.25) is 18.7 Å². The molecule has 0 saturated carbocycles. The number of benzene rings is 2. The average Bonchev–Trinajstić information content (AvgIpc) is 2.92. The molecule has 0 fully saturated rings. The molecule has 2 aromatic heterocycles. The fourth-order valence-electron chi connectivity index (χ4n) is 3.62. The second-order valence-electron chi connectivity index (χ2n) is 7.88. The molecule has 0 radical (unpaired) electrons. The number of aryl methyl sites for hydroxylation is 1. The number of thioether (sulfide) groups is 1. The van der Waals surface area contributed by atoms with Gasteiger partial charge < -0.3 is 14.8 Å². The quantitative estimate of drug-likeness (QED) is 0.285. The number of carbonyl (C=O) groups is 1. The molecular formula is C25H25N5O5S. The highest BCUT2D eigenvalue weighted by Gasteiger charge is 2.20. The minimum atomic E-state index is -0.529. The Kier molecular flexibility index (Phi) is 7.39. The molecule has 2 aromatic carbocycles. The van der Waals surface area contributed by atoms with Crippen molar-refractivity contribution in [2.45, 2.75) is 11.6 Å². The lowest BCUT2D eigenvalue weighted by Gasteiger charge is -2.13. The van der Waals surface area contributed by atoms with E-state index in [1.807, 2.05) is 30.3 Å². The number of nitrogens with one attached hydrogen (secondary N) is 1. The third kappa shape index (κ3) is 4.96. The minimum absolute atomic E-state index is 0.0241. The Balaban J connectivity index is 1.74. The summed E-state index contributed by atoms with van der Waals surface area (Å²) in [6.07, 6.45) is 0. The second-order valence-corrected chi connectivity index (χ2v) is 8.84. The van der Waals surface area contributed by atoms with Gasteiger partial charge in [-0.1, -0.05) is 42.1 Å². The summed E-state index contributed by atoms with van der Waals surface area (Å²) in [7, 11) is 5.99. The highest BCUT2D eigenvalue weighted by atomic mass is 32.2. The summed E-state index contributed by atoms with van der Waals surface area (Å²) < 4.78 is 13.0. The Labute approximate surface area is 210 Å². The van der Waals surface area contributed by atoms with E-state index in [1.165, 1.54) is 32.9 Å². The van der Waals surface area contributed by atoms with Crippen molar-refractivity contribution in [1.29, 1.82) is 0 Å². The molecular weight excluding hydrogens is 482 g/mol. The predicted molar refractivity (Wildman–Crippen MR) is 138 cm³/mol. The van der Waals surface area contributed by atoms with Crippen molar-refractivity contribution >= 4 is 28.7 Å². The second kappa shape index (κ2) is 10.6. The molecule has 0 spiro atoms. The van der Waals surface area contributed by atoms with Crippen molar-refractivity contribution in [3.05, 3.63) is 74.9 Å². The number of methoxy groups -OCH3 is 2. The molecule has 1 N–H and O–H groups in total. The van der Waals surface area contributed by atoms with E-state index in [2.05, 4.69) is 15.3 Å². The van der Waals surface area contributed by atoms with Crippen LogP contribution >= 0.6 is 11.8 Å². The number of aromatic nitrogens is 4. The maximum atomic E-state index is 13.0. The van der Waals surface area contributed by atoms with Gasteiger partial charge in [0.05, 0.1) is 20.0 Å². The van der Waals surface area contributed by atoms with Crippen LogP contribution in [0.3, 0.4) is 0 Å². The zero-order valence-electron chi connectivity index (χ0n) is 20.3. The molecule has 0 bridgehead atoms. The van der Waals surface area contributed by atoms with Crippen LogP contribution in [0.4, 0.5) is 0 Å². The van der Waals surface area contributed by atoms with E-state index < -0.39 is 11.2 Å². The van der Waals surface area contributed by atoms with Crippen molar-refractivity contribution in [2.24, 2.45) is 14.1 Å². The molecule has 1 amide bonds. The lowest BCUT2D eigenvalue weighted by molar-refractivity contribution is -0.118. The zero-order valence-corrected chi connectivity index (χ0v) is 21.1.